The van der Waals surface area contributed by atoms with Crippen LogP contribution in [0.15, 0.2) is 94.8 Å². The molecule has 11 heteroatoms. The number of nitro benzene ring substituents is 1. The van der Waals surface area contributed by atoms with Crippen molar-refractivity contribution in [2.24, 2.45) is 5.10 Å². The van der Waals surface area contributed by atoms with Crippen molar-refractivity contribution in [1.29, 1.82) is 0 Å². The third-order valence-electron chi connectivity index (χ3n) is 6.03. The Balaban J connectivity index is 1.57. The summed E-state index contributed by atoms with van der Waals surface area (Å²) in [5.41, 5.74) is 1.48. The number of nitrogens with zero attached hydrogens (tertiary/aromatic N) is 4. The number of para-hydroxylation sites is 1. The van der Waals surface area contributed by atoms with Crippen molar-refractivity contribution in [3.63, 3.8) is 0 Å². The van der Waals surface area contributed by atoms with Crippen molar-refractivity contribution < 1.29 is 14.4 Å². The van der Waals surface area contributed by atoms with E-state index in [1.807, 2.05) is 30.3 Å². The van der Waals surface area contributed by atoms with E-state index in [4.69, 9.17) is 32.7 Å². The molecule has 206 valence electrons. The van der Waals surface area contributed by atoms with Crippen LogP contribution in [0.1, 0.15) is 18.1 Å². The van der Waals surface area contributed by atoms with E-state index in [1.54, 1.807) is 55.5 Å². The number of rotatable bonds is 9. The molecule has 0 bridgehead atoms. The summed E-state index contributed by atoms with van der Waals surface area (Å²) < 4.78 is 12.7. The smallest absolute Gasteiger partial charge is 0.315 e. The van der Waals surface area contributed by atoms with E-state index in [-0.39, 0.29) is 36.0 Å². The van der Waals surface area contributed by atoms with Crippen molar-refractivity contribution in [2.75, 3.05) is 6.61 Å². The monoisotopic (exact) mass is 588 g/mol. The fourth-order valence-electron chi connectivity index (χ4n) is 4.14. The third kappa shape index (κ3) is 6.06. The number of fused-ring (bicyclic) bond motifs is 1. The molecule has 0 spiro atoms. The summed E-state index contributed by atoms with van der Waals surface area (Å²) in [5, 5.41) is 17.6. The van der Waals surface area contributed by atoms with Crippen molar-refractivity contribution in [1.82, 2.24) is 9.66 Å². The van der Waals surface area contributed by atoms with E-state index < -0.39 is 4.92 Å². The highest BCUT2D eigenvalue weighted by atomic mass is 35.5. The highest BCUT2D eigenvalue weighted by Gasteiger charge is 2.23. The Kier molecular flexibility index (Phi) is 8.28. The van der Waals surface area contributed by atoms with E-state index in [9.17, 15) is 14.9 Å². The maximum absolute atomic E-state index is 13.4. The topological polar surface area (TPSA) is 109 Å². The van der Waals surface area contributed by atoms with E-state index in [0.29, 0.717) is 43.5 Å². The second-order valence-electron chi connectivity index (χ2n) is 8.77. The van der Waals surface area contributed by atoms with Crippen LogP contribution >= 0.6 is 23.2 Å². The van der Waals surface area contributed by atoms with Gasteiger partial charge in [-0.15, -0.1) is 0 Å². The molecule has 0 atom stereocenters. The molecule has 0 saturated heterocycles. The van der Waals surface area contributed by atoms with Gasteiger partial charge in [0.05, 0.1) is 38.7 Å². The van der Waals surface area contributed by atoms with Crippen LogP contribution in [-0.2, 0) is 6.61 Å². The normalized spacial score (nSPS) is 11.2. The van der Waals surface area contributed by atoms with Crippen LogP contribution in [0.4, 0.5) is 5.69 Å². The maximum atomic E-state index is 13.4. The van der Waals surface area contributed by atoms with Crippen LogP contribution < -0.4 is 15.0 Å². The zero-order chi connectivity index (χ0) is 28.9. The van der Waals surface area contributed by atoms with Gasteiger partial charge in [0, 0.05) is 17.2 Å². The third-order valence-corrected chi connectivity index (χ3v) is 6.77. The molecule has 41 heavy (non-hydrogen) atoms. The van der Waals surface area contributed by atoms with Gasteiger partial charge in [0.2, 0.25) is 5.75 Å². The summed E-state index contributed by atoms with van der Waals surface area (Å²) in [5.74, 6) is 0.428. The lowest BCUT2D eigenvalue weighted by molar-refractivity contribution is -0.386. The fourth-order valence-corrected chi connectivity index (χ4v) is 4.46. The molecule has 0 aliphatic carbocycles. The Hall–Kier alpha value is -4.73. The predicted molar refractivity (Wildman–Crippen MR) is 159 cm³/mol. The Morgan fingerprint density at radius 1 is 0.976 bits per heavy atom. The molecule has 0 fully saturated rings. The molecule has 1 aromatic heterocycles. The lowest BCUT2D eigenvalue weighted by atomic mass is 10.1. The van der Waals surface area contributed by atoms with Crippen LogP contribution in [-0.4, -0.2) is 27.4 Å². The van der Waals surface area contributed by atoms with Crippen molar-refractivity contribution >= 4 is 46.0 Å². The first-order valence-electron chi connectivity index (χ1n) is 12.5. The lowest BCUT2D eigenvalue weighted by Gasteiger charge is -2.14. The summed E-state index contributed by atoms with van der Waals surface area (Å²) in [7, 11) is 0. The molecule has 5 aromatic rings. The Labute approximate surface area is 244 Å². The molecule has 9 nitrogen and oxygen atoms in total. The van der Waals surface area contributed by atoms with Crippen LogP contribution in [0, 0.1) is 10.1 Å². The minimum atomic E-state index is -0.566. The largest absolute Gasteiger partial charge is 0.490 e. The van der Waals surface area contributed by atoms with Gasteiger partial charge in [-0.05, 0) is 42.8 Å². The van der Waals surface area contributed by atoms with Crippen LogP contribution in [0.25, 0.3) is 22.3 Å². The molecule has 0 amide bonds. The van der Waals surface area contributed by atoms with Crippen LogP contribution in [0.3, 0.4) is 0 Å². The molecule has 0 aliphatic heterocycles. The molecule has 0 radical (unpaired) electrons. The lowest BCUT2D eigenvalue weighted by Crippen LogP contribution is -2.20. The minimum Gasteiger partial charge on any atom is -0.490 e. The fraction of sp³-hybridized carbons (Fsp3) is 0.100. The maximum Gasteiger partial charge on any atom is 0.315 e. The van der Waals surface area contributed by atoms with Gasteiger partial charge < -0.3 is 9.47 Å². The van der Waals surface area contributed by atoms with E-state index in [0.717, 1.165) is 0 Å². The predicted octanol–water partition coefficient (Wildman–Crippen LogP) is 7.14. The summed E-state index contributed by atoms with van der Waals surface area (Å²) in [6, 6.07) is 24.0. The van der Waals surface area contributed by atoms with Crippen molar-refractivity contribution in [3.8, 4) is 22.9 Å². The molecule has 5 rings (SSSR count). The van der Waals surface area contributed by atoms with Gasteiger partial charge in [-0.25, -0.2) is 4.98 Å². The second-order valence-corrected chi connectivity index (χ2v) is 9.59. The molecular formula is C30H22Cl2N4O5. The van der Waals surface area contributed by atoms with Crippen molar-refractivity contribution in [2.45, 2.75) is 13.5 Å². The van der Waals surface area contributed by atoms with E-state index in [1.165, 1.54) is 17.0 Å². The number of benzene rings is 4. The van der Waals surface area contributed by atoms with Gasteiger partial charge in [0.25, 0.3) is 5.56 Å². The number of nitro groups is 1. The van der Waals surface area contributed by atoms with Crippen LogP contribution in [0.5, 0.6) is 11.5 Å². The molecule has 0 aliphatic rings. The van der Waals surface area contributed by atoms with E-state index >= 15 is 0 Å². The summed E-state index contributed by atoms with van der Waals surface area (Å²) >= 11 is 12.1. The Morgan fingerprint density at radius 2 is 1.73 bits per heavy atom. The SMILES string of the molecule is CCOc1cc(C=Nn2c(-c3ccccc3)nc3ccccc3c2=O)cc([N+](=O)[O-])c1OCc1ccc(Cl)c(Cl)c1. The molecule has 1 heterocycles. The highest BCUT2D eigenvalue weighted by Crippen LogP contribution is 2.39. The highest BCUT2D eigenvalue weighted by molar-refractivity contribution is 6.42. The summed E-state index contributed by atoms with van der Waals surface area (Å²) in [6.45, 7) is 1.97. The minimum absolute atomic E-state index is 0.0101. The van der Waals surface area contributed by atoms with Crippen molar-refractivity contribution in [3.05, 3.63) is 127 Å². The average molecular weight is 589 g/mol. The Morgan fingerprint density at radius 3 is 2.46 bits per heavy atom. The van der Waals surface area contributed by atoms with Gasteiger partial charge in [0.1, 0.15) is 6.61 Å². The first-order valence-corrected chi connectivity index (χ1v) is 13.2. The van der Waals surface area contributed by atoms with Gasteiger partial charge in [-0.1, -0.05) is 71.7 Å². The quantitative estimate of drug-likeness (QED) is 0.103. The molecule has 4 aromatic carbocycles. The molecule has 0 saturated carbocycles. The first kappa shape index (κ1) is 27.8. The standard InChI is InChI=1S/C30H22Cl2N4O5/c1-2-40-27-16-20(15-26(36(38)39)28(27)41-18-19-12-13-23(31)24(32)14-19)17-33-35-29(21-8-4-3-5-9-21)34-25-11-7-6-10-22(25)30(35)37/h3-17H,2,18H2,1H3. The number of hydrogen-bond acceptors (Lipinski definition) is 7. The number of ether oxygens (including phenoxy) is 2. The zero-order valence-corrected chi connectivity index (χ0v) is 23.2. The summed E-state index contributed by atoms with van der Waals surface area (Å²) in [4.78, 5) is 29.6. The number of aromatic nitrogens is 2. The first-order chi connectivity index (χ1) is 19.9. The Bertz CT molecular complexity index is 1840. The molecular weight excluding hydrogens is 567 g/mol. The van der Waals surface area contributed by atoms with Crippen LogP contribution in [0.2, 0.25) is 10.0 Å². The van der Waals surface area contributed by atoms with Gasteiger partial charge in [-0.2, -0.15) is 9.78 Å². The zero-order valence-electron chi connectivity index (χ0n) is 21.7. The van der Waals surface area contributed by atoms with E-state index in [2.05, 4.69) is 10.1 Å². The van der Waals surface area contributed by atoms with Gasteiger partial charge in [0.15, 0.2) is 11.6 Å². The molecule has 0 unspecified atom stereocenters. The number of halogens is 2. The van der Waals surface area contributed by atoms with Gasteiger partial charge in [-0.3, -0.25) is 14.9 Å². The average Bonchev–Trinajstić information content (AvgIpc) is 2.98. The number of hydrogen-bond donors (Lipinski definition) is 0. The summed E-state index contributed by atoms with van der Waals surface area (Å²) in [6.07, 6.45) is 1.35. The van der Waals surface area contributed by atoms with Gasteiger partial charge >= 0.3 is 5.69 Å². The molecule has 0 N–H and O–H groups in total. The second kappa shape index (κ2) is 12.2.